The fraction of sp³-hybridized carbons (Fsp3) is 0.286. The second kappa shape index (κ2) is 7.23. The number of amides is 2. The summed E-state index contributed by atoms with van der Waals surface area (Å²) in [7, 11) is 0. The van der Waals surface area contributed by atoms with Gasteiger partial charge >= 0.3 is 0 Å². The van der Waals surface area contributed by atoms with E-state index in [0.717, 1.165) is 11.1 Å². The molecule has 27 heavy (non-hydrogen) atoms. The number of aryl methyl sites for hydroxylation is 1. The number of piperazine rings is 1. The van der Waals surface area contributed by atoms with E-state index in [1.54, 1.807) is 30.0 Å². The van der Waals surface area contributed by atoms with E-state index in [4.69, 9.17) is 4.42 Å². The molecule has 4 rings (SSSR count). The van der Waals surface area contributed by atoms with E-state index in [2.05, 4.69) is 4.98 Å². The largest absolute Gasteiger partial charge is 0.441 e. The summed E-state index contributed by atoms with van der Waals surface area (Å²) in [4.78, 5) is 33.1. The van der Waals surface area contributed by atoms with E-state index in [1.807, 2.05) is 35.2 Å². The Bertz CT molecular complexity index is 973. The SMILES string of the molecule is Cc1nc2ccc(C(=O)N3CCN(C(=O)Cc4ccccc4)CC3)cc2o1. The summed E-state index contributed by atoms with van der Waals surface area (Å²) in [5.74, 6) is 0.646. The van der Waals surface area contributed by atoms with Gasteiger partial charge in [0.15, 0.2) is 11.5 Å². The van der Waals surface area contributed by atoms with Crippen LogP contribution in [0.15, 0.2) is 52.9 Å². The molecular formula is C21H21N3O3. The van der Waals surface area contributed by atoms with E-state index in [9.17, 15) is 9.59 Å². The zero-order chi connectivity index (χ0) is 18.8. The number of carbonyl (C=O) groups is 2. The van der Waals surface area contributed by atoms with Crippen LogP contribution in [0.3, 0.4) is 0 Å². The van der Waals surface area contributed by atoms with Crippen molar-refractivity contribution in [2.45, 2.75) is 13.3 Å². The van der Waals surface area contributed by atoms with Crippen LogP contribution in [-0.2, 0) is 11.2 Å². The maximum absolute atomic E-state index is 12.8. The van der Waals surface area contributed by atoms with Gasteiger partial charge in [0, 0.05) is 38.7 Å². The maximum atomic E-state index is 12.8. The van der Waals surface area contributed by atoms with Crippen molar-refractivity contribution in [3.05, 3.63) is 65.5 Å². The quantitative estimate of drug-likeness (QED) is 0.718. The van der Waals surface area contributed by atoms with Crippen molar-refractivity contribution >= 4 is 22.9 Å². The summed E-state index contributed by atoms with van der Waals surface area (Å²) in [5, 5.41) is 0. The highest BCUT2D eigenvalue weighted by Gasteiger charge is 2.25. The first-order chi connectivity index (χ1) is 13.1. The summed E-state index contributed by atoms with van der Waals surface area (Å²) in [6.45, 7) is 3.97. The zero-order valence-electron chi connectivity index (χ0n) is 15.2. The summed E-state index contributed by atoms with van der Waals surface area (Å²) < 4.78 is 5.52. The molecule has 1 aliphatic rings. The highest BCUT2D eigenvalue weighted by Crippen LogP contribution is 2.19. The van der Waals surface area contributed by atoms with Gasteiger partial charge in [-0.3, -0.25) is 9.59 Å². The van der Waals surface area contributed by atoms with E-state index < -0.39 is 0 Å². The second-order valence-electron chi connectivity index (χ2n) is 6.75. The smallest absolute Gasteiger partial charge is 0.254 e. The van der Waals surface area contributed by atoms with E-state index in [1.165, 1.54) is 0 Å². The Hall–Kier alpha value is -3.15. The Morgan fingerprint density at radius 3 is 2.44 bits per heavy atom. The zero-order valence-corrected chi connectivity index (χ0v) is 15.2. The van der Waals surface area contributed by atoms with Crippen molar-refractivity contribution in [2.24, 2.45) is 0 Å². The third kappa shape index (κ3) is 3.69. The number of carbonyl (C=O) groups excluding carboxylic acids is 2. The van der Waals surface area contributed by atoms with Crippen LogP contribution < -0.4 is 0 Å². The van der Waals surface area contributed by atoms with Crippen LogP contribution in [0.4, 0.5) is 0 Å². The van der Waals surface area contributed by atoms with Gasteiger partial charge in [-0.2, -0.15) is 0 Å². The molecule has 0 unspecified atom stereocenters. The first-order valence-corrected chi connectivity index (χ1v) is 9.08. The van der Waals surface area contributed by atoms with Crippen LogP contribution in [0, 0.1) is 6.92 Å². The van der Waals surface area contributed by atoms with Gasteiger partial charge in [0.2, 0.25) is 5.91 Å². The van der Waals surface area contributed by atoms with Crippen molar-refractivity contribution in [1.82, 2.24) is 14.8 Å². The lowest BCUT2D eigenvalue weighted by Gasteiger charge is -2.35. The number of nitrogens with zero attached hydrogens (tertiary/aromatic N) is 3. The molecular weight excluding hydrogens is 342 g/mol. The van der Waals surface area contributed by atoms with E-state index in [0.29, 0.717) is 49.6 Å². The van der Waals surface area contributed by atoms with Crippen LogP contribution in [0.1, 0.15) is 21.8 Å². The molecule has 0 aliphatic carbocycles. The fourth-order valence-electron chi connectivity index (χ4n) is 3.40. The molecule has 0 atom stereocenters. The normalized spacial score (nSPS) is 14.6. The van der Waals surface area contributed by atoms with Gasteiger partial charge in [0.1, 0.15) is 5.52 Å². The molecule has 1 aliphatic heterocycles. The van der Waals surface area contributed by atoms with Crippen LogP contribution in [0.2, 0.25) is 0 Å². The van der Waals surface area contributed by atoms with Gasteiger partial charge in [-0.1, -0.05) is 30.3 Å². The molecule has 2 amide bonds. The molecule has 3 aromatic rings. The predicted octanol–water partition coefficient (Wildman–Crippen LogP) is 2.66. The number of oxazole rings is 1. The van der Waals surface area contributed by atoms with Crippen molar-refractivity contribution in [1.29, 1.82) is 0 Å². The topological polar surface area (TPSA) is 66.7 Å². The minimum Gasteiger partial charge on any atom is -0.441 e. The Morgan fingerprint density at radius 1 is 1.00 bits per heavy atom. The lowest BCUT2D eigenvalue weighted by atomic mass is 10.1. The van der Waals surface area contributed by atoms with E-state index >= 15 is 0 Å². The summed E-state index contributed by atoms with van der Waals surface area (Å²) in [6, 6.07) is 15.1. The van der Waals surface area contributed by atoms with Gasteiger partial charge in [-0.25, -0.2) is 4.98 Å². The fourth-order valence-corrected chi connectivity index (χ4v) is 3.40. The molecule has 6 nitrogen and oxygen atoms in total. The molecule has 0 bridgehead atoms. The number of rotatable bonds is 3. The van der Waals surface area contributed by atoms with Crippen molar-refractivity contribution < 1.29 is 14.0 Å². The van der Waals surface area contributed by atoms with Crippen molar-refractivity contribution in [2.75, 3.05) is 26.2 Å². The van der Waals surface area contributed by atoms with Gasteiger partial charge < -0.3 is 14.2 Å². The first kappa shape index (κ1) is 17.3. The number of benzene rings is 2. The molecule has 2 heterocycles. The third-order valence-corrected chi connectivity index (χ3v) is 4.86. The monoisotopic (exact) mass is 363 g/mol. The molecule has 1 saturated heterocycles. The average molecular weight is 363 g/mol. The molecule has 1 fully saturated rings. The molecule has 0 saturated carbocycles. The Balaban J connectivity index is 1.37. The Morgan fingerprint density at radius 2 is 1.70 bits per heavy atom. The first-order valence-electron chi connectivity index (χ1n) is 9.08. The van der Waals surface area contributed by atoms with Crippen LogP contribution in [0.25, 0.3) is 11.1 Å². The van der Waals surface area contributed by atoms with E-state index in [-0.39, 0.29) is 11.8 Å². The predicted molar refractivity (Wildman–Crippen MR) is 101 cm³/mol. The lowest BCUT2D eigenvalue weighted by Crippen LogP contribution is -2.51. The number of hydrogen-bond acceptors (Lipinski definition) is 4. The average Bonchev–Trinajstić information content (AvgIpc) is 3.07. The third-order valence-electron chi connectivity index (χ3n) is 4.86. The van der Waals surface area contributed by atoms with Crippen molar-refractivity contribution in [3.63, 3.8) is 0 Å². The standard InChI is InChI=1S/C21H21N3O3/c1-15-22-18-8-7-17(14-19(18)27-15)21(26)24-11-9-23(10-12-24)20(25)13-16-5-3-2-4-6-16/h2-8,14H,9-13H2,1H3. The van der Waals surface area contributed by atoms with Gasteiger partial charge in [-0.05, 0) is 23.8 Å². The maximum Gasteiger partial charge on any atom is 0.254 e. The highest BCUT2D eigenvalue weighted by molar-refractivity contribution is 5.97. The number of hydrogen-bond donors (Lipinski definition) is 0. The molecule has 0 spiro atoms. The molecule has 1 aromatic heterocycles. The van der Waals surface area contributed by atoms with Gasteiger partial charge in [0.05, 0.1) is 6.42 Å². The van der Waals surface area contributed by atoms with Crippen molar-refractivity contribution in [3.8, 4) is 0 Å². The molecule has 6 heteroatoms. The highest BCUT2D eigenvalue weighted by atomic mass is 16.3. The molecule has 0 N–H and O–H groups in total. The molecule has 0 radical (unpaired) electrons. The Labute approximate surface area is 157 Å². The summed E-state index contributed by atoms with van der Waals surface area (Å²) >= 11 is 0. The lowest BCUT2D eigenvalue weighted by molar-refractivity contribution is -0.131. The number of fused-ring (bicyclic) bond motifs is 1. The number of aromatic nitrogens is 1. The van der Waals surface area contributed by atoms with Gasteiger partial charge in [0.25, 0.3) is 5.91 Å². The van der Waals surface area contributed by atoms with Crippen LogP contribution >= 0.6 is 0 Å². The summed E-state index contributed by atoms with van der Waals surface area (Å²) in [6.07, 6.45) is 0.399. The minimum absolute atomic E-state index is 0.0406. The second-order valence-corrected chi connectivity index (χ2v) is 6.75. The Kier molecular flexibility index (Phi) is 4.62. The van der Waals surface area contributed by atoms with Crippen LogP contribution in [0.5, 0.6) is 0 Å². The summed E-state index contributed by atoms with van der Waals surface area (Å²) in [5.41, 5.74) is 2.97. The molecule has 138 valence electrons. The van der Waals surface area contributed by atoms with Crippen LogP contribution in [-0.4, -0.2) is 52.8 Å². The van der Waals surface area contributed by atoms with Gasteiger partial charge in [-0.15, -0.1) is 0 Å². The molecule has 2 aromatic carbocycles. The minimum atomic E-state index is -0.0406.